The number of benzene rings is 2. The summed E-state index contributed by atoms with van der Waals surface area (Å²) in [6, 6.07) is 13.4. The van der Waals surface area contributed by atoms with Crippen LogP contribution < -0.4 is 10.7 Å². The molecule has 0 spiro atoms. The van der Waals surface area contributed by atoms with Gasteiger partial charge in [-0.05, 0) is 37.6 Å². The first-order valence-corrected chi connectivity index (χ1v) is 9.21. The molecule has 1 amide bonds. The normalized spacial score (nSPS) is 11.2. The van der Waals surface area contributed by atoms with Crippen molar-refractivity contribution in [3.05, 3.63) is 70.0 Å². The molecule has 0 fully saturated rings. The molecule has 0 aliphatic carbocycles. The van der Waals surface area contributed by atoms with E-state index >= 15 is 0 Å². The van der Waals surface area contributed by atoms with E-state index in [1.165, 1.54) is 0 Å². The molecule has 4 aromatic rings. The molecule has 1 N–H and O–H groups in total. The number of hydrogen-bond acceptors (Lipinski definition) is 4. The number of amides is 1. The topological polar surface area (TPSA) is 81.8 Å². The Morgan fingerprint density at radius 1 is 1.14 bits per heavy atom. The number of hydrogen-bond donors (Lipinski definition) is 1. The first-order chi connectivity index (χ1) is 13.5. The minimum atomic E-state index is -0.354. The highest BCUT2D eigenvalue weighted by atomic mass is 16.2. The molecule has 2 aromatic heterocycles. The highest BCUT2D eigenvalue weighted by Gasteiger charge is 2.14. The molecule has 0 saturated carbocycles. The summed E-state index contributed by atoms with van der Waals surface area (Å²) in [6.45, 7) is 3.01. The maximum absolute atomic E-state index is 12.7. The fourth-order valence-corrected chi connectivity index (χ4v) is 3.38. The average Bonchev–Trinajstić information content (AvgIpc) is 3.11. The molecule has 7 nitrogen and oxygen atoms in total. The van der Waals surface area contributed by atoms with Gasteiger partial charge in [0.05, 0.1) is 11.0 Å². The lowest BCUT2D eigenvalue weighted by Gasteiger charge is -2.10. The average molecular weight is 375 g/mol. The molecule has 4 rings (SSSR count). The highest BCUT2D eigenvalue weighted by Crippen LogP contribution is 2.13. The molecule has 7 heteroatoms. The monoisotopic (exact) mass is 375 g/mol. The van der Waals surface area contributed by atoms with E-state index in [0.29, 0.717) is 24.9 Å². The van der Waals surface area contributed by atoms with Crippen molar-refractivity contribution < 1.29 is 4.79 Å². The van der Waals surface area contributed by atoms with Crippen LogP contribution in [-0.2, 0) is 13.6 Å². The SMILES string of the molecule is Cc1ccc2c(c1)c(=O)c(C(=O)NCCCn1nnc3ccccc31)cn2C. The minimum Gasteiger partial charge on any atom is -0.352 e. The van der Waals surface area contributed by atoms with Gasteiger partial charge in [0, 0.05) is 31.7 Å². The minimum absolute atomic E-state index is 0.159. The molecule has 28 heavy (non-hydrogen) atoms. The molecule has 2 aromatic carbocycles. The first-order valence-electron chi connectivity index (χ1n) is 9.21. The van der Waals surface area contributed by atoms with E-state index in [-0.39, 0.29) is 16.9 Å². The van der Waals surface area contributed by atoms with Gasteiger partial charge in [-0.2, -0.15) is 0 Å². The van der Waals surface area contributed by atoms with E-state index in [0.717, 1.165) is 22.1 Å². The Balaban J connectivity index is 1.45. The maximum atomic E-state index is 12.7. The summed E-state index contributed by atoms with van der Waals surface area (Å²) in [5.41, 5.74) is 3.53. The van der Waals surface area contributed by atoms with Crippen molar-refractivity contribution in [3.63, 3.8) is 0 Å². The van der Waals surface area contributed by atoms with Gasteiger partial charge in [-0.3, -0.25) is 9.59 Å². The number of para-hydroxylation sites is 1. The van der Waals surface area contributed by atoms with Crippen molar-refractivity contribution in [2.24, 2.45) is 7.05 Å². The van der Waals surface area contributed by atoms with Crippen LogP contribution in [0.2, 0.25) is 0 Å². The number of rotatable bonds is 5. The lowest BCUT2D eigenvalue weighted by atomic mass is 10.1. The van der Waals surface area contributed by atoms with Crippen LogP contribution in [0.3, 0.4) is 0 Å². The Hall–Kier alpha value is -3.48. The summed E-state index contributed by atoms with van der Waals surface area (Å²) in [4.78, 5) is 25.3. The lowest BCUT2D eigenvalue weighted by molar-refractivity contribution is 0.0951. The third-order valence-electron chi connectivity index (χ3n) is 4.84. The third kappa shape index (κ3) is 3.26. The van der Waals surface area contributed by atoms with Gasteiger partial charge in [-0.25, -0.2) is 4.68 Å². The number of pyridine rings is 1. The van der Waals surface area contributed by atoms with Gasteiger partial charge in [0.2, 0.25) is 5.43 Å². The second-order valence-corrected chi connectivity index (χ2v) is 6.91. The second kappa shape index (κ2) is 7.26. The maximum Gasteiger partial charge on any atom is 0.256 e. The summed E-state index contributed by atoms with van der Waals surface area (Å²) in [5.74, 6) is -0.354. The van der Waals surface area contributed by atoms with Gasteiger partial charge in [0.15, 0.2) is 0 Å². The fourth-order valence-electron chi connectivity index (χ4n) is 3.38. The van der Waals surface area contributed by atoms with E-state index in [1.807, 2.05) is 65.7 Å². The predicted octanol–water partition coefficient (Wildman–Crippen LogP) is 2.41. The molecule has 0 radical (unpaired) electrons. The number of aryl methyl sites for hydroxylation is 3. The van der Waals surface area contributed by atoms with E-state index in [2.05, 4.69) is 15.6 Å². The van der Waals surface area contributed by atoms with Crippen molar-refractivity contribution in [1.29, 1.82) is 0 Å². The van der Waals surface area contributed by atoms with Crippen LogP contribution in [0.15, 0.2) is 53.5 Å². The number of carbonyl (C=O) groups excluding carboxylic acids is 1. The fraction of sp³-hybridized carbons (Fsp3) is 0.238. The standard InChI is InChI=1S/C21H21N5O2/c1-14-8-9-18-15(12-14)20(27)16(13-25(18)2)21(28)22-10-5-11-26-19-7-4-3-6-17(19)23-24-26/h3-4,6-9,12-13H,5,10-11H2,1-2H3,(H,22,28). The zero-order valence-corrected chi connectivity index (χ0v) is 15.8. The third-order valence-corrected chi connectivity index (χ3v) is 4.84. The number of fused-ring (bicyclic) bond motifs is 2. The summed E-state index contributed by atoms with van der Waals surface area (Å²) in [6.07, 6.45) is 2.28. The van der Waals surface area contributed by atoms with E-state index in [1.54, 1.807) is 6.20 Å². The summed E-state index contributed by atoms with van der Waals surface area (Å²) < 4.78 is 3.63. The molecular formula is C21H21N5O2. The van der Waals surface area contributed by atoms with E-state index in [9.17, 15) is 9.59 Å². The summed E-state index contributed by atoms with van der Waals surface area (Å²) in [5, 5.41) is 11.7. The Morgan fingerprint density at radius 2 is 1.96 bits per heavy atom. The molecule has 0 aliphatic heterocycles. The summed E-state index contributed by atoms with van der Waals surface area (Å²) >= 11 is 0. The van der Waals surface area contributed by atoms with Crippen LogP contribution in [0.1, 0.15) is 22.3 Å². The first kappa shape index (κ1) is 17.9. The smallest absolute Gasteiger partial charge is 0.256 e. The van der Waals surface area contributed by atoms with Gasteiger partial charge >= 0.3 is 0 Å². The van der Waals surface area contributed by atoms with Crippen LogP contribution in [0.25, 0.3) is 21.9 Å². The number of carbonyl (C=O) groups is 1. The van der Waals surface area contributed by atoms with Crippen molar-refractivity contribution >= 4 is 27.8 Å². The quantitative estimate of drug-likeness (QED) is 0.543. The highest BCUT2D eigenvalue weighted by molar-refractivity contribution is 5.97. The van der Waals surface area contributed by atoms with Crippen LogP contribution in [0.5, 0.6) is 0 Å². The zero-order chi connectivity index (χ0) is 19.7. The van der Waals surface area contributed by atoms with Crippen LogP contribution in [0, 0.1) is 6.92 Å². The second-order valence-electron chi connectivity index (χ2n) is 6.91. The number of nitrogens with zero attached hydrogens (tertiary/aromatic N) is 4. The van der Waals surface area contributed by atoms with Gasteiger partial charge in [0.25, 0.3) is 5.91 Å². The van der Waals surface area contributed by atoms with Crippen molar-refractivity contribution in [2.75, 3.05) is 6.54 Å². The molecule has 0 bridgehead atoms. The van der Waals surface area contributed by atoms with Crippen molar-refractivity contribution in [3.8, 4) is 0 Å². The summed E-state index contributed by atoms with van der Waals surface area (Å²) in [7, 11) is 1.84. The van der Waals surface area contributed by atoms with Crippen molar-refractivity contribution in [2.45, 2.75) is 19.9 Å². The molecule has 2 heterocycles. The van der Waals surface area contributed by atoms with Gasteiger partial charge in [-0.1, -0.05) is 29.0 Å². The molecule has 0 saturated heterocycles. The van der Waals surface area contributed by atoms with Crippen LogP contribution in [-0.4, -0.2) is 32.0 Å². The van der Waals surface area contributed by atoms with Gasteiger partial charge in [0.1, 0.15) is 11.1 Å². The Kier molecular flexibility index (Phi) is 4.65. The largest absolute Gasteiger partial charge is 0.352 e. The van der Waals surface area contributed by atoms with Crippen LogP contribution in [0.4, 0.5) is 0 Å². The molecule has 0 unspecified atom stereocenters. The Bertz CT molecular complexity index is 1240. The zero-order valence-electron chi connectivity index (χ0n) is 15.8. The molecule has 0 aliphatic rings. The molecule has 0 atom stereocenters. The van der Waals surface area contributed by atoms with Crippen LogP contribution >= 0.6 is 0 Å². The predicted molar refractivity (Wildman–Crippen MR) is 108 cm³/mol. The van der Waals surface area contributed by atoms with Gasteiger partial charge < -0.3 is 9.88 Å². The molecule has 142 valence electrons. The Morgan fingerprint density at radius 3 is 2.82 bits per heavy atom. The van der Waals surface area contributed by atoms with E-state index in [4.69, 9.17) is 0 Å². The van der Waals surface area contributed by atoms with E-state index < -0.39 is 0 Å². The number of aromatic nitrogens is 4. The molecular weight excluding hydrogens is 354 g/mol. The lowest BCUT2D eigenvalue weighted by Crippen LogP contribution is -2.30. The Labute approximate surface area is 161 Å². The van der Waals surface area contributed by atoms with Crippen molar-refractivity contribution in [1.82, 2.24) is 24.9 Å². The number of nitrogens with one attached hydrogen (secondary N) is 1. The van der Waals surface area contributed by atoms with Gasteiger partial charge in [-0.15, -0.1) is 5.10 Å².